The first kappa shape index (κ1) is 22.8. The zero-order valence-electron chi connectivity index (χ0n) is 15.3. The van der Waals surface area contributed by atoms with Crippen LogP contribution in [0.5, 0.6) is 5.75 Å². The van der Waals surface area contributed by atoms with Crippen molar-refractivity contribution in [1.82, 2.24) is 0 Å². The van der Waals surface area contributed by atoms with Gasteiger partial charge in [-0.3, -0.25) is 9.59 Å². The Morgan fingerprint density at radius 2 is 1.74 bits per heavy atom. The number of ketones is 1. The van der Waals surface area contributed by atoms with Gasteiger partial charge in [0.25, 0.3) is 0 Å². The highest BCUT2D eigenvalue weighted by Crippen LogP contribution is 2.32. The predicted octanol–water partition coefficient (Wildman–Crippen LogP) is 4.87. The highest BCUT2D eigenvalue weighted by molar-refractivity contribution is 7.00. The Morgan fingerprint density at radius 3 is 2.33 bits per heavy atom. The molecule has 0 aromatic heterocycles. The van der Waals surface area contributed by atoms with E-state index >= 15 is 0 Å². The number of benzene rings is 2. The number of hydrogen-bond donors (Lipinski definition) is 0. The minimum atomic E-state index is -1.08. The van der Waals surface area contributed by atoms with E-state index in [2.05, 4.69) is 0 Å². The molecule has 7 heteroatoms. The van der Waals surface area contributed by atoms with Gasteiger partial charge in [0.2, 0.25) is 0 Å². The maximum absolute atomic E-state index is 13.2. The van der Waals surface area contributed by atoms with Crippen molar-refractivity contribution in [1.29, 1.82) is 0 Å². The Labute approximate surface area is 166 Å². The second-order valence-electron chi connectivity index (χ2n) is 5.55. The van der Waals surface area contributed by atoms with Gasteiger partial charge in [-0.1, -0.05) is 65.9 Å². The van der Waals surface area contributed by atoms with Crippen molar-refractivity contribution in [2.75, 3.05) is 13.7 Å². The number of hydrogen-bond acceptors (Lipinski definition) is 5. The van der Waals surface area contributed by atoms with E-state index < -0.39 is 17.7 Å². The fraction of sp³-hybridized carbons (Fsp3) is 0.300. The number of esters is 1. The molecule has 0 bridgehead atoms. The molecule has 5 nitrogen and oxygen atoms in total. The molecular weight excluding hydrogens is 387 g/mol. The van der Waals surface area contributed by atoms with Gasteiger partial charge in [0.15, 0.2) is 5.78 Å². The van der Waals surface area contributed by atoms with Crippen LogP contribution in [0.15, 0.2) is 48.5 Å². The summed E-state index contributed by atoms with van der Waals surface area (Å²) in [6.07, 6.45) is 1.65. The van der Waals surface area contributed by atoms with E-state index in [9.17, 15) is 9.59 Å². The lowest BCUT2D eigenvalue weighted by atomic mass is 9.90. The molecule has 0 heterocycles. The standard InChI is InChI=1S/C20H21ClO4.H2OP/c1-3-4-13-25-20(23)17(14-9-6-5-7-10-14)19(22)18-15(21)11-8-12-16(18)24-2;1-2/h5-12,17H,3-4,13H2,1-2H3;2H2/q;+1. The lowest BCUT2D eigenvalue weighted by Gasteiger charge is -2.18. The average molecular weight is 410 g/mol. The Hall–Kier alpha value is -2.23. The zero-order valence-corrected chi connectivity index (χ0v) is 17.2. The van der Waals surface area contributed by atoms with Gasteiger partial charge in [-0.15, -0.1) is 0 Å². The van der Waals surface area contributed by atoms with Crippen LogP contribution in [0.25, 0.3) is 0 Å². The molecule has 0 aliphatic rings. The van der Waals surface area contributed by atoms with Crippen LogP contribution in [0.3, 0.4) is 0 Å². The molecule has 27 heavy (non-hydrogen) atoms. The van der Waals surface area contributed by atoms with Gasteiger partial charge >= 0.3 is 15.1 Å². The fourth-order valence-electron chi connectivity index (χ4n) is 2.50. The van der Waals surface area contributed by atoms with Crippen molar-refractivity contribution in [3.63, 3.8) is 0 Å². The third-order valence-electron chi connectivity index (χ3n) is 3.81. The minimum Gasteiger partial charge on any atom is -0.496 e. The van der Waals surface area contributed by atoms with Crippen LogP contribution in [0.2, 0.25) is 5.02 Å². The molecule has 0 radical (unpaired) electrons. The summed E-state index contributed by atoms with van der Waals surface area (Å²) in [6.45, 7) is 2.29. The van der Waals surface area contributed by atoms with E-state index in [0.717, 1.165) is 12.8 Å². The van der Waals surface area contributed by atoms with E-state index in [1.165, 1.54) is 16.2 Å². The lowest BCUT2D eigenvalue weighted by Crippen LogP contribution is -2.25. The summed E-state index contributed by atoms with van der Waals surface area (Å²) < 4.78 is 18.7. The number of halogens is 1. The summed E-state index contributed by atoms with van der Waals surface area (Å²) in [5.74, 6) is -1.76. The van der Waals surface area contributed by atoms with Crippen LogP contribution in [0, 0.1) is 0 Å². The third kappa shape index (κ3) is 6.16. The Morgan fingerprint density at radius 1 is 1.07 bits per heavy atom. The van der Waals surface area contributed by atoms with Gasteiger partial charge in [0.1, 0.15) is 11.7 Å². The molecule has 0 spiro atoms. The summed E-state index contributed by atoms with van der Waals surface area (Å²) >= 11 is 6.21. The van der Waals surface area contributed by atoms with E-state index in [-0.39, 0.29) is 17.2 Å². The summed E-state index contributed by atoms with van der Waals surface area (Å²) in [5.41, 5.74) is 0.754. The molecule has 0 aliphatic carbocycles. The van der Waals surface area contributed by atoms with E-state index in [4.69, 9.17) is 25.6 Å². The normalized spacial score (nSPS) is 10.9. The molecular formula is C20H23ClO5P+. The van der Waals surface area contributed by atoms with Gasteiger partial charge in [0.05, 0.1) is 24.3 Å². The molecule has 0 amide bonds. The van der Waals surface area contributed by atoms with Crippen molar-refractivity contribution in [2.24, 2.45) is 0 Å². The number of rotatable bonds is 8. The summed E-state index contributed by atoms with van der Waals surface area (Å²) in [7, 11) is 2.62. The SMILES string of the molecule is CCCCOC(=O)C(C(=O)c1c(Cl)cccc1OC)c1ccccc1.O=[PH2+]. The number of ether oxygens (including phenoxy) is 2. The minimum absolute atomic E-state index is 0.188. The third-order valence-corrected chi connectivity index (χ3v) is 4.13. The van der Waals surface area contributed by atoms with Crippen molar-refractivity contribution in [3.8, 4) is 5.75 Å². The Kier molecular flexibility index (Phi) is 10.3. The second kappa shape index (κ2) is 12.2. The van der Waals surface area contributed by atoms with E-state index in [1.54, 1.807) is 42.5 Å². The monoisotopic (exact) mass is 409 g/mol. The quantitative estimate of drug-likeness (QED) is 0.204. The second-order valence-corrected chi connectivity index (χ2v) is 5.95. The summed E-state index contributed by atoms with van der Waals surface area (Å²) in [6, 6.07) is 13.8. The molecule has 0 saturated heterocycles. The Balaban J connectivity index is 0.00000176. The molecule has 2 rings (SSSR count). The Bertz CT molecular complexity index is 751. The van der Waals surface area contributed by atoms with Crippen LogP contribution in [-0.2, 0) is 14.1 Å². The zero-order chi connectivity index (χ0) is 20.2. The van der Waals surface area contributed by atoms with Crippen LogP contribution >= 0.6 is 20.7 Å². The van der Waals surface area contributed by atoms with Crippen molar-refractivity contribution in [2.45, 2.75) is 25.7 Å². The van der Waals surface area contributed by atoms with Crippen molar-refractivity contribution >= 4 is 32.5 Å². The highest BCUT2D eigenvalue weighted by atomic mass is 35.5. The molecule has 2 aromatic rings. The highest BCUT2D eigenvalue weighted by Gasteiger charge is 2.33. The van der Waals surface area contributed by atoms with Crippen LogP contribution in [0.1, 0.15) is 41.6 Å². The van der Waals surface area contributed by atoms with Crippen LogP contribution in [0.4, 0.5) is 0 Å². The number of Topliss-reactive ketones (excluding diaryl/α,β-unsaturated/α-hetero) is 1. The molecule has 2 aromatic carbocycles. The number of unbranched alkanes of at least 4 members (excludes halogenated alkanes) is 1. The fourth-order valence-corrected chi connectivity index (χ4v) is 2.76. The average Bonchev–Trinajstić information content (AvgIpc) is 2.70. The van der Waals surface area contributed by atoms with Gasteiger partial charge < -0.3 is 9.47 Å². The van der Waals surface area contributed by atoms with Crippen LogP contribution < -0.4 is 4.74 Å². The van der Waals surface area contributed by atoms with E-state index in [1.807, 2.05) is 13.0 Å². The smallest absolute Gasteiger partial charge is 0.321 e. The van der Waals surface area contributed by atoms with Gasteiger partial charge in [-0.2, -0.15) is 0 Å². The lowest BCUT2D eigenvalue weighted by molar-refractivity contribution is -0.144. The first-order valence-electron chi connectivity index (χ1n) is 8.42. The number of carbonyl (C=O) groups is 2. The number of methoxy groups -OCH3 is 1. The molecule has 0 fully saturated rings. The largest absolute Gasteiger partial charge is 0.496 e. The van der Waals surface area contributed by atoms with Crippen molar-refractivity contribution in [3.05, 3.63) is 64.7 Å². The van der Waals surface area contributed by atoms with Crippen LogP contribution in [-0.4, -0.2) is 25.5 Å². The first-order chi connectivity index (χ1) is 13.1. The summed E-state index contributed by atoms with van der Waals surface area (Å²) in [4.78, 5) is 25.8. The van der Waals surface area contributed by atoms with E-state index in [0.29, 0.717) is 11.3 Å². The molecule has 144 valence electrons. The molecule has 0 N–H and O–H groups in total. The van der Waals surface area contributed by atoms with Crippen molar-refractivity contribution < 1.29 is 23.6 Å². The molecule has 2 atom stereocenters. The summed E-state index contributed by atoms with van der Waals surface area (Å²) in [5, 5.41) is 0.242. The maximum Gasteiger partial charge on any atom is 0.321 e. The number of carbonyl (C=O) groups excluding carboxylic acids is 2. The van der Waals surface area contributed by atoms with Gasteiger partial charge in [0, 0.05) is 0 Å². The maximum atomic E-state index is 13.2. The van der Waals surface area contributed by atoms with Gasteiger partial charge in [-0.25, -0.2) is 0 Å². The van der Waals surface area contributed by atoms with Gasteiger partial charge in [-0.05, 0) is 24.1 Å². The molecule has 0 saturated carbocycles. The molecule has 2 unspecified atom stereocenters. The topological polar surface area (TPSA) is 69.7 Å². The predicted molar refractivity (Wildman–Crippen MR) is 108 cm³/mol. The first-order valence-corrected chi connectivity index (χ1v) is 9.27. The molecule has 0 aliphatic heterocycles.